The third-order valence-electron chi connectivity index (χ3n) is 4.36. The lowest BCUT2D eigenvalue weighted by Gasteiger charge is -2.33. The summed E-state index contributed by atoms with van der Waals surface area (Å²) in [4.78, 5) is 7.08. The van der Waals surface area contributed by atoms with Gasteiger partial charge in [-0.2, -0.15) is 0 Å². The number of oxazole rings is 1. The fourth-order valence-electron chi connectivity index (χ4n) is 2.81. The van der Waals surface area contributed by atoms with Crippen molar-refractivity contribution >= 4 is 0 Å². The van der Waals surface area contributed by atoms with E-state index >= 15 is 0 Å². The van der Waals surface area contributed by atoms with Gasteiger partial charge in [-0.1, -0.05) is 32.9 Å². The third-order valence-corrected chi connectivity index (χ3v) is 4.36. The summed E-state index contributed by atoms with van der Waals surface area (Å²) in [6.07, 6.45) is 1.77. The Labute approximate surface area is 143 Å². The van der Waals surface area contributed by atoms with Crippen molar-refractivity contribution in [3.8, 4) is 5.75 Å². The molecule has 0 radical (unpaired) electrons. The quantitative estimate of drug-likeness (QED) is 0.858. The van der Waals surface area contributed by atoms with Crippen LogP contribution in [-0.2, 0) is 16.7 Å². The predicted molar refractivity (Wildman–Crippen MR) is 92.2 cm³/mol. The van der Waals surface area contributed by atoms with E-state index in [0.29, 0.717) is 6.61 Å². The van der Waals surface area contributed by atoms with E-state index in [1.807, 2.05) is 12.1 Å². The molecule has 5 heteroatoms. The number of rotatable bonds is 4. The molecule has 2 aromatic rings. The van der Waals surface area contributed by atoms with Crippen LogP contribution in [0.3, 0.4) is 0 Å². The molecule has 1 atom stereocenters. The molecular weight excluding hydrogens is 304 g/mol. The maximum atomic E-state index is 5.78. The second-order valence-corrected chi connectivity index (χ2v) is 7.23. The van der Waals surface area contributed by atoms with Crippen LogP contribution in [0.4, 0.5) is 0 Å². The SMILES string of the molecule is COc1ccc(CN2CCOC[C@H]2c2nc(C(C)(C)C)co2)cc1. The third kappa shape index (κ3) is 3.79. The first-order valence-corrected chi connectivity index (χ1v) is 8.38. The van der Waals surface area contributed by atoms with Gasteiger partial charge in [-0.15, -0.1) is 0 Å². The van der Waals surface area contributed by atoms with Crippen LogP contribution in [0.25, 0.3) is 0 Å². The number of nitrogens with zero attached hydrogens (tertiary/aromatic N) is 2. The van der Waals surface area contributed by atoms with E-state index in [4.69, 9.17) is 18.9 Å². The lowest BCUT2D eigenvalue weighted by atomic mass is 9.93. The van der Waals surface area contributed by atoms with Gasteiger partial charge in [-0.25, -0.2) is 4.98 Å². The first kappa shape index (κ1) is 17.0. The first-order valence-electron chi connectivity index (χ1n) is 8.38. The Morgan fingerprint density at radius 1 is 1.25 bits per heavy atom. The zero-order chi connectivity index (χ0) is 17.2. The Hall–Kier alpha value is -1.85. The normalized spacial score (nSPS) is 19.4. The molecular formula is C19H26N2O3. The Balaban J connectivity index is 1.76. The second kappa shape index (κ2) is 6.95. The van der Waals surface area contributed by atoms with Crippen LogP contribution in [-0.4, -0.2) is 36.8 Å². The number of benzene rings is 1. The fourth-order valence-corrected chi connectivity index (χ4v) is 2.81. The highest BCUT2D eigenvalue weighted by molar-refractivity contribution is 5.27. The Morgan fingerprint density at radius 2 is 2.00 bits per heavy atom. The minimum atomic E-state index is -0.0158. The van der Waals surface area contributed by atoms with Crippen LogP contribution in [0.15, 0.2) is 34.9 Å². The molecule has 1 aliphatic heterocycles. The van der Waals surface area contributed by atoms with Crippen molar-refractivity contribution in [3.05, 3.63) is 47.7 Å². The molecule has 24 heavy (non-hydrogen) atoms. The number of hydrogen-bond donors (Lipinski definition) is 0. The summed E-state index contributed by atoms with van der Waals surface area (Å²) in [5.74, 6) is 1.62. The molecule has 1 aromatic heterocycles. The highest BCUT2D eigenvalue weighted by Gasteiger charge is 2.30. The molecule has 0 saturated carbocycles. The topological polar surface area (TPSA) is 47.7 Å². The van der Waals surface area contributed by atoms with Gasteiger partial charge in [0.25, 0.3) is 0 Å². The summed E-state index contributed by atoms with van der Waals surface area (Å²) in [5.41, 5.74) is 2.20. The zero-order valence-electron chi connectivity index (χ0n) is 14.9. The summed E-state index contributed by atoms with van der Waals surface area (Å²) >= 11 is 0. The minimum Gasteiger partial charge on any atom is -0.497 e. The van der Waals surface area contributed by atoms with Crippen LogP contribution >= 0.6 is 0 Å². The molecule has 0 bridgehead atoms. The number of ether oxygens (including phenoxy) is 2. The Kier molecular flexibility index (Phi) is 4.92. The van der Waals surface area contributed by atoms with Gasteiger partial charge in [0.2, 0.25) is 5.89 Å². The average Bonchev–Trinajstić information content (AvgIpc) is 3.06. The van der Waals surface area contributed by atoms with E-state index in [0.717, 1.165) is 37.0 Å². The highest BCUT2D eigenvalue weighted by atomic mass is 16.5. The first-order chi connectivity index (χ1) is 11.5. The van der Waals surface area contributed by atoms with E-state index in [9.17, 15) is 0 Å². The van der Waals surface area contributed by atoms with Crippen molar-refractivity contribution in [2.24, 2.45) is 0 Å². The summed E-state index contributed by atoms with van der Waals surface area (Å²) < 4.78 is 16.7. The lowest BCUT2D eigenvalue weighted by Crippen LogP contribution is -2.39. The lowest BCUT2D eigenvalue weighted by molar-refractivity contribution is -0.0223. The molecule has 0 spiro atoms. The summed E-state index contributed by atoms with van der Waals surface area (Å²) in [6.45, 7) is 9.47. The summed E-state index contributed by atoms with van der Waals surface area (Å²) in [6, 6.07) is 8.24. The Morgan fingerprint density at radius 3 is 2.62 bits per heavy atom. The van der Waals surface area contributed by atoms with Gasteiger partial charge < -0.3 is 13.9 Å². The molecule has 1 saturated heterocycles. The molecule has 0 aliphatic carbocycles. The maximum Gasteiger partial charge on any atom is 0.214 e. The van der Waals surface area contributed by atoms with Gasteiger partial charge >= 0.3 is 0 Å². The van der Waals surface area contributed by atoms with Crippen LogP contribution < -0.4 is 4.74 Å². The number of methoxy groups -OCH3 is 1. The molecule has 0 N–H and O–H groups in total. The van der Waals surface area contributed by atoms with Crippen LogP contribution in [0, 0.1) is 0 Å². The van der Waals surface area contributed by atoms with E-state index in [1.54, 1.807) is 13.4 Å². The monoisotopic (exact) mass is 330 g/mol. The van der Waals surface area contributed by atoms with Crippen LogP contribution in [0.1, 0.15) is 44.0 Å². The maximum absolute atomic E-state index is 5.78. The van der Waals surface area contributed by atoms with Crippen molar-refractivity contribution < 1.29 is 13.9 Å². The average molecular weight is 330 g/mol. The standard InChI is InChI=1S/C19H26N2O3/c1-19(2,3)17-13-24-18(20-17)16-12-23-10-9-21(16)11-14-5-7-15(22-4)8-6-14/h5-8,13,16H,9-12H2,1-4H3/t16-/m0/s1. The Bertz CT molecular complexity index is 658. The van der Waals surface area contributed by atoms with Crippen molar-refractivity contribution in [1.82, 2.24) is 9.88 Å². The molecule has 0 unspecified atom stereocenters. The van der Waals surface area contributed by atoms with E-state index in [-0.39, 0.29) is 11.5 Å². The van der Waals surface area contributed by atoms with Gasteiger partial charge in [-0.05, 0) is 17.7 Å². The van der Waals surface area contributed by atoms with E-state index in [2.05, 4.69) is 37.8 Å². The summed E-state index contributed by atoms with van der Waals surface area (Å²) in [7, 11) is 1.68. The molecule has 1 aromatic carbocycles. The molecule has 5 nitrogen and oxygen atoms in total. The molecule has 0 amide bonds. The summed E-state index contributed by atoms with van der Waals surface area (Å²) in [5, 5.41) is 0. The van der Waals surface area contributed by atoms with Crippen molar-refractivity contribution in [2.75, 3.05) is 26.9 Å². The van der Waals surface area contributed by atoms with Gasteiger partial charge in [0.15, 0.2) is 0 Å². The smallest absolute Gasteiger partial charge is 0.214 e. The van der Waals surface area contributed by atoms with Crippen molar-refractivity contribution in [3.63, 3.8) is 0 Å². The van der Waals surface area contributed by atoms with Crippen LogP contribution in [0.5, 0.6) is 5.75 Å². The highest BCUT2D eigenvalue weighted by Crippen LogP contribution is 2.29. The number of hydrogen-bond acceptors (Lipinski definition) is 5. The van der Waals surface area contributed by atoms with E-state index < -0.39 is 0 Å². The largest absolute Gasteiger partial charge is 0.497 e. The van der Waals surface area contributed by atoms with Crippen LogP contribution in [0.2, 0.25) is 0 Å². The molecule has 130 valence electrons. The van der Waals surface area contributed by atoms with Gasteiger partial charge in [0, 0.05) is 18.5 Å². The minimum absolute atomic E-state index is 0.0158. The van der Waals surface area contributed by atoms with Gasteiger partial charge in [0.05, 0.1) is 26.0 Å². The number of aromatic nitrogens is 1. The van der Waals surface area contributed by atoms with E-state index in [1.165, 1.54) is 5.56 Å². The molecule has 3 rings (SSSR count). The second-order valence-electron chi connectivity index (χ2n) is 7.23. The van der Waals surface area contributed by atoms with Crippen molar-refractivity contribution in [2.45, 2.75) is 38.8 Å². The van der Waals surface area contributed by atoms with Crippen molar-refractivity contribution in [1.29, 1.82) is 0 Å². The number of morpholine rings is 1. The van der Waals surface area contributed by atoms with Gasteiger partial charge in [-0.3, -0.25) is 4.90 Å². The fraction of sp³-hybridized carbons (Fsp3) is 0.526. The van der Waals surface area contributed by atoms with Gasteiger partial charge in [0.1, 0.15) is 18.1 Å². The molecule has 1 aliphatic rings. The zero-order valence-corrected chi connectivity index (χ0v) is 14.9. The predicted octanol–water partition coefficient (Wildman–Crippen LogP) is 3.55. The molecule has 1 fully saturated rings. The molecule has 2 heterocycles.